The van der Waals surface area contributed by atoms with Crippen LogP contribution in [0.1, 0.15) is 27.0 Å². The van der Waals surface area contributed by atoms with Gasteiger partial charge in [-0.1, -0.05) is 65.7 Å². The summed E-state index contributed by atoms with van der Waals surface area (Å²) in [6, 6.07) is 25.9. The van der Waals surface area contributed by atoms with Crippen LogP contribution in [-0.4, -0.2) is 24.7 Å². The van der Waals surface area contributed by atoms with Crippen LogP contribution in [-0.2, 0) is 4.79 Å². The second-order valence-electron chi connectivity index (χ2n) is 7.85. The molecule has 4 aromatic carbocycles. The first kappa shape index (κ1) is 22.7. The highest BCUT2D eigenvalue weighted by Gasteiger charge is 2.14. The maximum absolute atomic E-state index is 12.7. The highest BCUT2D eigenvalue weighted by molar-refractivity contribution is 6.04. The predicted octanol–water partition coefficient (Wildman–Crippen LogP) is 5.20. The number of hydrazone groups is 1. The Bertz CT molecular complexity index is 1360. The van der Waals surface area contributed by atoms with Gasteiger partial charge in [0.05, 0.1) is 11.8 Å². The van der Waals surface area contributed by atoms with E-state index >= 15 is 0 Å². The zero-order chi connectivity index (χ0) is 23.9. The molecule has 1 N–H and O–H groups in total. The van der Waals surface area contributed by atoms with E-state index in [0.29, 0.717) is 22.6 Å². The van der Waals surface area contributed by atoms with E-state index in [4.69, 9.17) is 9.47 Å². The fraction of sp³-hybridized carbons (Fsp3) is 0.107. The Balaban J connectivity index is 1.50. The van der Waals surface area contributed by atoms with E-state index in [1.807, 2.05) is 68.4 Å². The number of aryl methyl sites for hydroxylation is 2. The molecule has 0 unspecified atom stereocenters. The Morgan fingerprint density at radius 3 is 2.47 bits per heavy atom. The number of rotatable bonds is 7. The number of benzene rings is 4. The molecule has 0 fully saturated rings. The van der Waals surface area contributed by atoms with Crippen LogP contribution in [0, 0.1) is 13.8 Å². The highest BCUT2D eigenvalue weighted by Crippen LogP contribution is 2.27. The third-order valence-corrected chi connectivity index (χ3v) is 5.16. The normalized spacial score (nSPS) is 10.9. The lowest BCUT2D eigenvalue weighted by atomic mass is 10.0. The number of nitrogens with one attached hydrogen (secondary N) is 1. The summed E-state index contributed by atoms with van der Waals surface area (Å²) in [5.41, 5.74) is 5.57. The average Bonchev–Trinajstić information content (AvgIpc) is 2.84. The topological polar surface area (TPSA) is 77.0 Å². The molecule has 0 aliphatic carbocycles. The number of esters is 1. The van der Waals surface area contributed by atoms with E-state index in [2.05, 4.69) is 10.5 Å². The molecule has 0 saturated heterocycles. The van der Waals surface area contributed by atoms with Crippen molar-refractivity contribution in [3.8, 4) is 11.5 Å². The van der Waals surface area contributed by atoms with Gasteiger partial charge in [-0.05, 0) is 55.0 Å². The summed E-state index contributed by atoms with van der Waals surface area (Å²) in [6.07, 6.45) is 1.48. The summed E-state index contributed by atoms with van der Waals surface area (Å²) < 4.78 is 11.2. The van der Waals surface area contributed by atoms with Crippen molar-refractivity contribution in [2.75, 3.05) is 6.61 Å². The summed E-state index contributed by atoms with van der Waals surface area (Å²) >= 11 is 0. The molecule has 4 aromatic rings. The lowest BCUT2D eigenvalue weighted by Crippen LogP contribution is -2.24. The molecule has 1 amide bonds. The molecule has 0 heterocycles. The molecule has 0 bridgehead atoms. The van der Waals surface area contributed by atoms with Crippen LogP contribution in [0.15, 0.2) is 90.0 Å². The van der Waals surface area contributed by atoms with Gasteiger partial charge in [0.25, 0.3) is 5.91 Å². The number of hydrogen-bond acceptors (Lipinski definition) is 5. The van der Waals surface area contributed by atoms with Crippen molar-refractivity contribution in [3.63, 3.8) is 0 Å². The molecule has 0 aliphatic rings. The Morgan fingerprint density at radius 2 is 1.68 bits per heavy atom. The molecular formula is C28H24N2O4. The average molecular weight is 453 g/mol. The van der Waals surface area contributed by atoms with Crippen molar-refractivity contribution < 1.29 is 19.1 Å². The first-order valence-corrected chi connectivity index (χ1v) is 10.8. The van der Waals surface area contributed by atoms with Crippen molar-refractivity contribution in [3.05, 3.63) is 107 Å². The van der Waals surface area contributed by atoms with Gasteiger partial charge in [-0.15, -0.1) is 0 Å². The molecule has 170 valence electrons. The van der Waals surface area contributed by atoms with Crippen molar-refractivity contribution in [2.45, 2.75) is 13.8 Å². The number of carbonyl (C=O) groups is 2. The van der Waals surface area contributed by atoms with E-state index in [1.165, 1.54) is 6.21 Å². The van der Waals surface area contributed by atoms with Gasteiger partial charge in [-0.2, -0.15) is 5.10 Å². The van der Waals surface area contributed by atoms with Crippen LogP contribution in [0.2, 0.25) is 0 Å². The third kappa shape index (κ3) is 5.66. The number of carbonyl (C=O) groups excluding carboxylic acids is 2. The fourth-order valence-corrected chi connectivity index (χ4v) is 3.41. The highest BCUT2D eigenvalue weighted by atomic mass is 16.5. The largest absolute Gasteiger partial charge is 0.484 e. The van der Waals surface area contributed by atoms with Gasteiger partial charge >= 0.3 is 5.97 Å². The quantitative estimate of drug-likeness (QED) is 0.181. The molecule has 0 saturated carbocycles. The number of hydrogen-bond donors (Lipinski definition) is 1. The minimum absolute atomic E-state index is 0.175. The SMILES string of the molecule is Cc1ccc(OCC(=O)NN=Cc2c(OC(=O)c3cccc(C)c3)ccc3ccccc23)cc1. The molecular weight excluding hydrogens is 428 g/mol. The summed E-state index contributed by atoms with van der Waals surface area (Å²) in [5.74, 6) is 0.0720. The zero-order valence-electron chi connectivity index (χ0n) is 18.9. The number of ether oxygens (including phenoxy) is 2. The Kier molecular flexibility index (Phi) is 6.98. The predicted molar refractivity (Wildman–Crippen MR) is 132 cm³/mol. The minimum atomic E-state index is -0.468. The molecule has 34 heavy (non-hydrogen) atoms. The van der Waals surface area contributed by atoms with Crippen LogP contribution >= 0.6 is 0 Å². The van der Waals surface area contributed by atoms with Gasteiger partial charge in [0.2, 0.25) is 0 Å². The zero-order valence-corrected chi connectivity index (χ0v) is 18.9. The van der Waals surface area contributed by atoms with Crippen LogP contribution < -0.4 is 14.9 Å². The van der Waals surface area contributed by atoms with E-state index in [-0.39, 0.29) is 6.61 Å². The first-order valence-electron chi connectivity index (χ1n) is 10.8. The van der Waals surface area contributed by atoms with Crippen LogP contribution in [0.25, 0.3) is 10.8 Å². The van der Waals surface area contributed by atoms with Gasteiger partial charge in [0, 0.05) is 5.56 Å². The lowest BCUT2D eigenvalue weighted by Gasteiger charge is -2.11. The Hall–Kier alpha value is -4.45. The van der Waals surface area contributed by atoms with Crippen molar-refractivity contribution in [2.24, 2.45) is 5.10 Å². The maximum Gasteiger partial charge on any atom is 0.343 e. The lowest BCUT2D eigenvalue weighted by molar-refractivity contribution is -0.123. The maximum atomic E-state index is 12.7. The van der Waals surface area contributed by atoms with E-state index in [9.17, 15) is 9.59 Å². The van der Waals surface area contributed by atoms with Crippen molar-refractivity contribution >= 4 is 28.9 Å². The number of amides is 1. The fourth-order valence-electron chi connectivity index (χ4n) is 3.41. The summed E-state index contributed by atoms with van der Waals surface area (Å²) in [4.78, 5) is 24.9. The number of fused-ring (bicyclic) bond motifs is 1. The molecule has 6 nitrogen and oxygen atoms in total. The van der Waals surface area contributed by atoms with Crippen LogP contribution in [0.3, 0.4) is 0 Å². The van der Waals surface area contributed by atoms with E-state index in [0.717, 1.165) is 21.9 Å². The molecule has 4 rings (SSSR count). The molecule has 0 aromatic heterocycles. The molecule has 0 radical (unpaired) electrons. The third-order valence-electron chi connectivity index (χ3n) is 5.16. The first-order chi connectivity index (χ1) is 16.5. The van der Waals surface area contributed by atoms with Crippen LogP contribution in [0.5, 0.6) is 11.5 Å². The van der Waals surface area contributed by atoms with Crippen molar-refractivity contribution in [1.82, 2.24) is 5.43 Å². The smallest absolute Gasteiger partial charge is 0.343 e. The molecule has 6 heteroatoms. The molecule has 0 spiro atoms. The van der Waals surface area contributed by atoms with E-state index in [1.54, 1.807) is 30.3 Å². The monoisotopic (exact) mass is 452 g/mol. The van der Waals surface area contributed by atoms with Crippen LogP contribution in [0.4, 0.5) is 0 Å². The molecule has 0 atom stereocenters. The molecule has 0 aliphatic heterocycles. The van der Waals surface area contributed by atoms with Gasteiger partial charge in [0.15, 0.2) is 6.61 Å². The Morgan fingerprint density at radius 1 is 0.882 bits per heavy atom. The summed E-state index contributed by atoms with van der Waals surface area (Å²) in [6.45, 7) is 3.71. The Labute approximate surface area is 197 Å². The second kappa shape index (κ2) is 10.4. The standard InChI is InChI=1S/C28H24N2O4/c1-19-10-13-23(14-11-19)33-18-27(31)30-29-17-25-24-9-4-3-7-21(24)12-15-26(25)34-28(32)22-8-5-6-20(2)16-22/h3-17H,18H2,1-2H3,(H,30,31). The summed E-state index contributed by atoms with van der Waals surface area (Å²) in [7, 11) is 0. The van der Waals surface area contributed by atoms with Gasteiger partial charge in [0.1, 0.15) is 11.5 Å². The number of nitrogens with zero attached hydrogens (tertiary/aromatic N) is 1. The second-order valence-corrected chi connectivity index (χ2v) is 7.85. The minimum Gasteiger partial charge on any atom is -0.484 e. The van der Waals surface area contributed by atoms with E-state index < -0.39 is 11.9 Å². The van der Waals surface area contributed by atoms with Crippen molar-refractivity contribution in [1.29, 1.82) is 0 Å². The van der Waals surface area contributed by atoms with Gasteiger partial charge < -0.3 is 9.47 Å². The van der Waals surface area contributed by atoms with Gasteiger partial charge in [-0.3, -0.25) is 4.79 Å². The summed E-state index contributed by atoms with van der Waals surface area (Å²) in [5, 5.41) is 5.87. The van der Waals surface area contributed by atoms with Gasteiger partial charge in [-0.25, -0.2) is 10.2 Å².